The Morgan fingerprint density at radius 1 is 0.457 bits per heavy atom. The highest BCUT2D eigenvalue weighted by molar-refractivity contribution is 7.80. The van der Waals surface area contributed by atoms with Gasteiger partial charge in [0.05, 0.1) is 25.0 Å². The summed E-state index contributed by atoms with van der Waals surface area (Å²) in [5.41, 5.74) is 23.2. The lowest BCUT2D eigenvalue weighted by atomic mass is 9.94. The van der Waals surface area contributed by atoms with Crippen LogP contribution in [-0.2, 0) is 73.5 Å². The maximum atomic E-state index is 14.5. The van der Waals surface area contributed by atoms with Crippen molar-refractivity contribution in [2.45, 2.75) is 192 Å². The van der Waals surface area contributed by atoms with E-state index in [2.05, 4.69) is 83.7 Å². The zero-order chi connectivity index (χ0) is 69.9. The number of nitrogens with one attached hydrogen (secondary N) is 11. The van der Waals surface area contributed by atoms with Crippen molar-refractivity contribution in [3.05, 3.63) is 35.9 Å². The summed E-state index contributed by atoms with van der Waals surface area (Å²) in [6.07, 6.45) is -1.42. The van der Waals surface area contributed by atoms with Crippen LogP contribution in [0.25, 0.3) is 0 Å². The summed E-state index contributed by atoms with van der Waals surface area (Å²) in [5, 5.41) is 56.2. The number of carboxylic acids is 2. The number of aliphatic hydroxyl groups is 1. The number of aliphatic hydroxyl groups excluding tert-OH is 1. The predicted molar refractivity (Wildman–Crippen MR) is 343 cm³/mol. The number of nitrogens with two attached hydrogens (primary N) is 4. The van der Waals surface area contributed by atoms with Gasteiger partial charge in [-0.15, -0.1) is 0 Å². The number of rotatable bonds is 45. The van der Waals surface area contributed by atoms with Crippen LogP contribution in [0.3, 0.4) is 0 Å². The monoisotopic (exact) mass is 1340 g/mol. The number of hydrogen-bond acceptors (Lipinski definition) is 20. The number of unbranched alkanes of at least 4 members (excludes halogenated alkanes) is 2. The molecular formula is C58H97N15O17S2. The Morgan fingerprint density at radius 2 is 0.837 bits per heavy atom. The van der Waals surface area contributed by atoms with Crippen LogP contribution in [0.15, 0.2) is 30.3 Å². The molecule has 1 aromatic carbocycles. The highest BCUT2D eigenvalue weighted by Gasteiger charge is 2.39. The number of amides is 12. The molecule has 0 radical (unpaired) electrons. The summed E-state index contributed by atoms with van der Waals surface area (Å²) < 4.78 is 0. The molecule has 0 aliphatic carbocycles. The zero-order valence-corrected chi connectivity index (χ0v) is 54.9. The van der Waals surface area contributed by atoms with Gasteiger partial charge in [-0.05, 0) is 81.9 Å². The number of carboxylic acid groups (broad SMARTS) is 2. The van der Waals surface area contributed by atoms with Crippen LogP contribution in [-0.4, -0.2) is 202 Å². The Kier molecular flexibility index (Phi) is 38.7. The first-order valence-electron chi connectivity index (χ1n) is 30.4. The summed E-state index contributed by atoms with van der Waals surface area (Å²) in [5.74, 6) is -16.8. The van der Waals surface area contributed by atoms with Crippen LogP contribution in [0, 0.1) is 17.8 Å². The number of thiol groups is 2. The maximum Gasteiger partial charge on any atom is 0.322 e. The first-order chi connectivity index (χ1) is 43.3. The molecule has 92 heavy (non-hydrogen) atoms. The van der Waals surface area contributed by atoms with Crippen molar-refractivity contribution in [3.63, 3.8) is 0 Å². The third-order valence-electron chi connectivity index (χ3n) is 14.8. The largest absolute Gasteiger partial charge is 0.481 e. The van der Waals surface area contributed by atoms with Gasteiger partial charge in [0.2, 0.25) is 70.9 Å². The minimum atomic E-state index is -1.82. The first-order valence-corrected chi connectivity index (χ1v) is 31.7. The van der Waals surface area contributed by atoms with Gasteiger partial charge in [0.25, 0.3) is 0 Å². The molecular weight excluding hydrogens is 1240 g/mol. The molecule has 0 spiro atoms. The van der Waals surface area contributed by atoms with Crippen LogP contribution >= 0.6 is 25.3 Å². The summed E-state index contributed by atoms with van der Waals surface area (Å²) in [6.45, 7) is 10.6. The van der Waals surface area contributed by atoms with E-state index in [1.165, 1.54) is 13.8 Å². The van der Waals surface area contributed by atoms with Crippen molar-refractivity contribution in [1.29, 1.82) is 0 Å². The zero-order valence-electron chi connectivity index (χ0n) is 53.1. The fourth-order valence-corrected chi connectivity index (χ4v) is 9.42. The van der Waals surface area contributed by atoms with Gasteiger partial charge in [-0.2, -0.15) is 25.3 Å². The van der Waals surface area contributed by atoms with Crippen molar-refractivity contribution in [2.24, 2.45) is 40.7 Å². The topological polar surface area (TPSA) is 536 Å². The van der Waals surface area contributed by atoms with Gasteiger partial charge < -0.3 is 96.7 Å². The smallest absolute Gasteiger partial charge is 0.322 e. The van der Waals surface area contributed by atoms with Crippen LogP contribution in [0.4, 0.5) is 0 Å². The molecule has 0 unspecified atom stereocenters. The van der Waals surface area contributed by atoms with E-state index < -0.39 is 193 Å². The van der Waals surface area contributed by atoms with Crippen molar-refractivity contribution >= 4 is 108 Å². The van der Waals surface area contributed by atoms with Gasteiger partial charge in [-0.3, -0.25) is 67.1 Å². The molecule has 0 aliphatic heterocycles. The quantitative estimate of drug-likeness (QED) is 0.0215. The van der Waals surface area contributed by atoms with E-state index in [-0.39, 0.29) is 56.7 Å². The number of carbonyl (C=O) groups excluding carboxylic acids is 12. The molecule has 14 atom stereocenters. The molecule has 32 nitrogen and oxygen atoms in total. The van der Waals surface area contributed by atoms with E-state index >= 15 is 0 Å². The van der Waals surface area contributed by atoms with Crippen LogP contribution in [0.5, 0.6) is 0 Å². The third kappa shape index (κ3) is 29.7. The number of aliphatic carboxylic acids is 2. The van der Waals surface area contributed by atoms with Gasteiger partial charge in [0, 0.05) is 17.9 Å². The Bertz CT molecular complexity index is 2650. The molecule has 34 heteroatoms. The molecule has 0 aliphatic rings. The Labute approximate surface area is 546 Å². The summed E-state index contributed by atoms with van der Waals surface area (Å²) in [7, 11) is 0. The second kappa shape index (κ2) is 43.2. The fraction of sp³-hybridized carbons (Fsp3) is 0.655. The predicted octanol–water partition coefficient (Wildman–Crippen LogP) is -4.80. The Morgan fingerprint density at radius 3 is 1.28 bits per heavy atom. The van der Waals surface area contributed by atoms with E-state index in [1.54, 1.807) is 58.0 Å². The van der Waals surface area contributed by atoms with Gasteiger partial charge in [-0.25, -0.2) is 0 Å². The molecule has 0 saturated heterocycles. The molecule has 1 rings (SSSR count). The van der Waals surface area contributed by atoms with Crippen molar-refractivity contribution in [1.82, 2.24) is 58.5 Å². The molecule has 0 bridgehead atoms. The first kappa shape index (κ1) is 82.4. The van der Waals surface area contributed by atoms with Gasteiger partial charge in [0.1, 0.15) is 67.0 Å². The van der Waals surface area contributed by atoms with Crippen molar-refractivity contribution < 1.29 is 82.4 Å². The van der Waals surface area contributed by atoms with Crippen LogP contribution < -0.4 is 81.4 Å². The van der Waals surface area contributed by atoms with Gasteiger partial charge in [0.15, 0.2) is 0 Å². The summed E-state index contributed by atoms with van der Waals surface area (Å²) >= 11 is 8.42. The molecule has 0 heterocycles. The van der Waals surface area contributed by atoms with Crippen LogP contribution in [0.2, 0.25) is 0 Å². The normalized spacial score (nSPS) is 15.7. The second-order valence-corrected chi connectivity index (χ2v) is 23.4. The van der Waals surface area contributed by atoms with E-state index in [4.69, 9.17) is 33.1 Å². The average Bonchev–Trinajstić information content (AvgIpc) is 1.28. The summed E-state index contributed by atoms with van der Waals surface area (Å²) in [4.78, 5) is 187. The van der Waals surface area contributed by atoms with E-state index in [9.17, 15) is 72.2 Å². The number of hydrogen-bond donors (Lipinski definition) is 20. The molecule has 0 aromatic heterocycles. The van der Waals surface area contributed by atoms with Gasteiger partial charge >= 0.3 is 11.9 Å². The maximum absolute atomic E-state index is 14.5. The lowest BCUT2D eigenvalue weighted by molar-refractivity contribution is -0.140. The molecule has 1 aromatic rings. The average molecular weight is 1340 g/mol. The standard InChI is InChI=1S/C58H97N15O17S2/c1-8-30(5)45(56(88)69-40(28-92)54(86)65-35(19-13-15-21-59)50(82)64-36(20-14-16-22-60)51(83)68-39(27-91)49(81)63-26-43(78)79)72-57(89)46(31(6)9-2)71-53(85)38(25-41(62)75)66-52(84)37(23-33-17-11-10-12-18-33)67-58(90)47(32(7)74)73-55(87)44(29(3)4)70-48(80)34(61)24-42(76)77/h10-12,17-18,29-32,34-40,44-47,74,91-92H,8-9,13-16,19-28,59-61H2,1-7H3,(H2,62,75)(H,63,81)(H,64,82)(H,65,86)(H,66,84)(H,67,90)(H,68,83)(H,69,88)(H,70,80)(H,71,85)(H,72,89)(H,73,87)(H,76,77)(H,78,79)/t30-,31-,32+,34-,35-,36-,37-,38-,39-,40-,44-,45-,46-,47-/m0/s1. The minimum absolute atomic E-state index is 0.00569. The Hall–Kier alpha value is -7.66. The number of benzene rings is 1. The SMILES string of the molecule is CC[C@H](C)[C@H](NC(=O)[C@H](CC(N)=O)NC(=O)[C@H](Cc1ccccc1)NC(=O)[C@@H](NC(=O)[C@@H](NC(=O)[C@@H](N)CC(=O)O)C(C)C)[C@@H](C)O)C(=O)N[C@H](C(=O)N[C@@H](CS)C(=O)N[C@@H](CCCCN)C(=O)N[C@@H](CCCCN)C(=O)N[C@@H](CS)C(=O)NCC(=O)O)[C@@H](C)CC. The molecule has 12 amide bonds. The number of primary amides is 1. The fourth-order valence-electron chi connectivity index (χ4n) is 8.90. The molecule has 0 saturated carbocycles. The Balaban J connectivity index is 3.57. The van der Waals surface area contributed by atoms with Crippen molar-refractivity contribution in [3.8, 4) is 0 Å². The summed E-state index contributed by atoms with van der Waals surface area (Å²) in [6, 6.07) is -8.21. The van der Waals surface area contributed by atoms with Gasteiger partial charge in [-0.1, -0.05) is 84.7 Å². The third-order valence-corrected chi connectivity index (χ3v) is 15.5. The minimum Gasteiger partial charge on any atom is -0.481 e. The molecule has 0 fully saturated rings. The highest BCUT2D eigenvalue weighted by atomic mass is 32.1. The second-order valence-electron chi connectivity index (χ2n) is 22.7. The van der Waals surface area contributed by atoms with E-state index in [0.717, 1.165) is 6.92 Å². The molecule has 518 valence electrons. The van der Waals surface area contributed by atoms with Crippen molar-refractivity contribution in [2.75, 3.05) is 31.1 Å². The highest BCUT2D eigenvalue weighted by Crippen LogP contribution is 2.15. The van der Waals surface area contributed by atoms with E-state index in [1.807, 2.05) is 0 Å². The van der Waals surface area contributed by atoms with E-state index in [0.29, 0.717) is 31.2 Å². The molecule has 22 N–H and O–H groups in total. The lowest BCUT2D eigenvalue weighted by Crippen LogP contribution is -2.63. The van der Waals surface area contributed by atoms with Crippen LogP contribution in [0.1, 0.15) is 118 Å². The number of carbonyl (C=O) groups is 14. The lowest BCUT2D eigenvalue weighted by Gasteiger charge is -2.31.